The van der Waals surface area contributed by atoms with E-state index in [4.69, 9.17) is 5.73 Å². The Hall–Kier alpha value is -0.950. The first-order valence-corrected chi connectivity index (χ1v) is 7.75. The molecule has 1 aromatic rings. The summed E-state index contributed by atoms with van der Waals surface area (Å²) >= 11 is 0. The number of hydrogen-bond donors (Lipinski definition) is 2. The van der Waals surface area contributed by atoms with E-state index in [1.807, 2.05) is 0 Å². The third-order valence-electron chi connectivity index (χ3n) is 2.93. The fourth-order valence-electron chi connectivity index (χ4n) is 1.66. The lowest BCUT2D eigenvalue weighted by atomic mass is 10.2. The predicted molar refractivity (Wildman–Crippen MR) is 75.3 cm³/mol. The minimum Gasteiger partial charge on any atom is -0.393 e. The lowest BCUT2D eigenvalue weighted by molar-refractivity contribution is 0.177. The van der Waals surface area contributed by atoms with Crippen molar-refractivity contribution in [1.82, 2.24) is 4.31 Å². The number of nitrogens with two attached hydrogens (primary N) is 1. The second-order valence-electron chi connectivity index (χ2n) is 4.65. The minimum atomic E-state index is -3.48. The van der Waals surface area contributed by atoms with Crippen molar-refractivity contribution in [3.05, 3.63) is 29.8 Å². The van der Waals surface area contributed by atoms with Crippen LogP contribution in [0.1, 0.15) is 18.9 Å². The van der Waals surface area contributed by atoms with Crippen LogP contribution in [0.5, 0.6) is 0 Å². The van der Waals surface area contributed by atoms with Crippen LogP contribution < -0.4 is 5.73 Å². The maximum atomic E-state index is 12.2. The molecular weight excluding hydrogens is 264 g/mol. The molecule has 1 unspecified atom stereocenters. The Labute approximate surface area is 115 Å². The Balaban J connectivity index is 2.81. The van der Waals surface area contributed by atoms with Gasteiger partial charge in [-0.2, -0.15) is 0 Å². The van der Waals surface area contributed by atoms with E-state index in [0.717, 1.165) is 12.0 Å². The zero-order chi connectivity index (χ0) is 14.5. The van der Waals surface area contributed by atoms with Crippen molar-refractivity contribution in [2.45, 2.75) is 30.8 Å². The van der Waals surface area contributed by atoms with Crippen LogP contribution >= 0.6 is 0 Å². The molecule has 0 aromatic heterocycles. The van der Waals surface area contributed by atoms with E-state index in [-0.39, 0.29) is 4.90 Å². The van der Waals surface area contributed by atoms with Crippen molar-refractivity contribution in [1.29, 1.82) is 0 Å². The van der Waals surface area contributed by atoms with Crippen molar-refractivity contribution in [2.75, 3.05) is 20.1 Å². The number of benzene rings is 1. The van der Waals surface area contributed by atoms with Gasteiger partial charge in [0.25, 0.3) is 0 Å². The number of nitrogens with zero attached hydrogens (tertiary/aromatic N) is 1. The summed E-state index contributed by atoms with van der Waals surface area (Å²) in [6, 6.07) is 6.75. The molecule has 0 bridgehead atoms. The van der Waals surface area contributed by atoms with Crippen LogP contribution in [0.4, 0.5) is 0 Å². The van der Waals surface area contributed by atoms with E-state index >= 15 is 0 Å². The van der Waals surface area contributed by atoms with Crippen molar-refractivity contribution in [3.63, 3.8) is 0 Å². The Bertz CT molecular complexity index is 483. The van der Waals surface area contributed by atoms with Crippen molar-refractivity contribution >= 4 is 10.0 Å². The third-order valence-corrected chi connectivity index (χ3v) is 4.80. The highest BCUT2D eigenvalue weighted by atomic mass is 32.2. The van der Waals surface area contributed by atoms with Gasteiger partial charge in [-0.1, -0.05) is 12.1 Å². The molecule has 1 atom stereocenters. The van der Waals surface area contributed by atoms with Gasteiger partial charge < -0.3 is 10.8 Å². The molecule has 19 heavy (non-hydrogen) atoms. The van der Waals surface area contributed by atoms with E-state index in [0.29, 0.717) is 19.5 Å². The maximum absolute atomic E-state index is 12.2. The molecule has 0 saturated carbocycles. The molecule has 0 amide bonds. The first kappa shape index (κ1) is 16.1. The minimum absolute atomic E-state index is 0.265. The lowest BCUT2D eigenvalue weighted by Crippen LogP contribution is -2.29. The maximum Gasteiger partial charge on any atom is 0.242 e. The Morgan fingerprint density at radius 2 is 1.89 bits per heavy atom. The van der Waals surface area contributed by atoms with Crippen LogP contribution in [-0.2, 0) is 16.4 Å². The number of sulfonamides is 1. The highest BCUT2D eigenvalue weighted by Crippen LogP contribution is 2.16. The molecule has 5 nitrogen and oxygen atoms in total. The summed E-state index contributed by atoms with van der Waals surface area (Å²) < 4.78 is 25.7. The Morgan fingerprint density at radius 1 is 1.32 bits per heavy atom. The average molecular weight is 286 g/mol. The largest absolute Gasteiger partial charge is 0.393 e. The molecule has 0 radical (unpaired) electrons. The molecule has 0 fully saturated rings. The van der Waals surface area contributed by atoms with Gasteiger partial charge in [-0.05, 0) is 44.0 Å². The summed E-state index contributed by atoms with van der Waals surface area (Å²) in [4.78, 5) is 0.265. The number of aliphatic hydroxyl groups is 1. The fraction of sp³-hybridized carbons (Fsp3) is 0.538. The quantitative estimate of drug-likeness (QED) is 0.768. The van der Waals surface area contributed by atoms with Gasteiger partial charge in [0.15, 0.2) is 0 Å². The topological polar surface area (TPSA) is 83.6 Å². The second-order valence-corrected chi connectivity index (χ2v) is 6.69. The van der Waals surface area contributed by atoms with Crippen LogP contribution in [0, 0.1) is 0 Å². The van der Waals surface area contributed by atoms with Gasteiger partial charge in [-0.15, -0.1) is 0 Å². The second kappa shape index (κ2) is 7.00. The van der Waals surface area contributed by atoms with Crippen molar-refractivity contribution in [2.24, 2.45) is 5.73 Å². The van der Waals surface area contributed by atoms with Gasteiger partial charge >= 0.3 is 0 Å². The Morgan fingerprint density at radius 3 is 2.37 bits per heavy atom. The predicted octanol–water partition coefficient (Wildman–Crippen LogP) is 0.579. The molecule has 6 heteroatoms. The molecule has 1 aromatic carbocycles. The Kier molecular flexibility index (Phi) is 5.93. The highest BCUT2D eigenvalue weighted by molar-refractivity contribution is 7.89. The lowest BCUT2D eigenvalue weighted by Gasteiger charge is -2.18. The molecule has 0 spiro atoms. The van der Waals surface area contributed by atoms with Crippen LogP contribution in [0.25, 0.3) is 0 Å². The fourth-order valence-corrected chi connectivity index (χ4v) is 2.85. The normalized spacial score (nSPS) is 13.7. The first-order chi connectivity index (χ1) is 8.87. The van der Waals surface area contributed by atoms with E-state index in [2.05, 4.69) is 0 Å². The van der Waals surface area contributed by atoms with Crippen LogP contribution in [0.15, 0.2) is 29.2 Å². The number of aliphatic hydroxyl groups excluding tert-OH is 1. The van der Waals surface area contributed by atoms with Gasteiger partial charge in [0.1, 0.15) is 0 Å². The monoisotopic (exact) mass is 286 g/mol. The van der Waals surface area contributed by atoms with E-state index in [1.54, 1.807) is 31.2 Å². The van der Waals surface area contributed by atoms with Crippen molar-refractivity contribution in [3.8, 4) is 0 Å². The van der Waals surface area contributed by atoms with Crippen LogP contribution in [-0.4, -0.2) is 44.1 Å². The summed E-state index contributed by atoms with van der Waals surface area (Å²) in [5.74, 6) is 0. The van der Waals surface area contributed by atoms with E-state index in [9.17, 15) is 13.5 Å². The third kappa shape index (κ3) is 4.58. The van der Waals surface area contributed by atoms with Gasteiger partial charge in [-0.25, -0.2) is 12.7 Å². The highest BCUT2D eigenvalue weighted by Gasteiger charge is 2.20. The summed E-state index contributed by atoms with van der Waals surface area (Å²) in [7, 11) is -1.96. The zero-order valence-corrected chi connectivity index (χ0v) is 12.2. The van der Waals surface area contributed by atoms with Crippen molar-refractivity contribution < 1.29 is 13.5 Å². The summed E-state index contributed by atoms with van der Waals surface area (Å²) in [6.45, 7) is 2.48. The van der Waals surface area contributed by atoms with E-state index in [1.165, 1.54) is 11.4 Å². The van der Waals surface area contributed by atoms with E-state index < -0.39 is 16.1 Å². The molecule has 0 aliphatic heterocycles. The van der Waals surface area contributed by atoms with Gasteiger partial charge in [0.2, 0.25) is 10.0 Å². The molecule has 108 valence electrons. The summed E-state index contributed by atoms with van der Waals surface area (Å²) in [5.41, 5.74) is 6.47. The molecule has 1 rings (SSSR count). The standard InChI is InChI=1S/C13H22N2O3S/c1-11(16)8-10-15(2)19(17,18)13-5-3-12(4-6-13)7-9-14/h3-6,11,16H,7-10,14H2,1-2H3. The molecule has 0 aliphatic carbocycles. The van der Waals surface area contributed by atoms with Gasteiger partial charge in [0.05, 0.1) is 11.0 Å². The number of hydrogen-bond acceptors (Lipinski definition) is 4. The average Bonchev–Trinajstić information content (AvgIpc) is 2.36. The molecule has 3 N–H and O–H groups in total. The first-order valence-electron chi connectivity index (χ1n) is 6.31. The van der Waals surface area contributed by atoms with Gasteiger partial charge in [-0.3, -0.25) is 0 Å². The number of rotatable bonds is 7. The molecular formula is C13H22N2O3S. The summed E-state index contributed by atoms with van der Waals surface area (Å²) in [5, 5.41) is 9.20. The molecule has 0 aliphatic rings. The smallest absolute Gasteiger partial charge is 0.242 e. The van der Waals surface area contributed by atoms with Gasteiger partial charge in [0, 0.05) is 13.6 Å². The molecule has 0 saturated heterocycles. The SMILES string of the molecule is CC(O)CCN(C)S(=O)(=O)c1ccc(CCN)cc1. The molecule has 0 heterocycles. The van der Waals surface area contributed by atoms with Crippen LogP contribution in [0.3, 0.4) is 0 Å². The van der Waals surface area contributed by atoms with Crippen LogP contribution in [0.2, 0.25) is 0 Å². The zero-order valence-electron chi connectivity index (χ0n) is 11.4. The summed E-state index contributed by atoms with van der Waals surface area (Å²) in [6.07, 6.45) is 0.642.